The number of carbonyl (C=O) groups is 1. The number of hydrogen-bond donors (Lipinski definition) is 1. The maximum Gasteiger partial charge on any atom is 0.153 e. The van der Waals surface area contributed by atoms with Crippen LogP contribution in [0.25, 0.3) is 0 Å². The standard InChI is InChI=1S/C12H24N2O/c1-4-13-11(12(15)10(2)3)9-14-7-5-6-8-14/h10-11,13H,4-9H2,1-3H3. The Balaban J connectivity index is 2.45. The topological polar surface area (TPSA) is 32.3 Å². The Kier molecular flexibility index (Phi) is 5.26. The number of Topliss-reactive ketones (excluding diaryl/α,β-unsaturated/α-hetero) is 1. The Hall–Kier alpha value is -0.410. The minimum absolute atomic E-state index is 0.0353. The highest BCUT2D eigenvalue weighted by Gasteiger charge is 2.24. The van der Waals surface area contributed by atoms with Crippen LogP contribution in [0.3, 0.4) is 0 Å². The molecular weight excluding hydrogens is 188 g/mol. The highest BCUT2D eigenvalue weighted by molar-refractivity contribution is 5.85. The Morgan fingerprint density at radius 2 is 1.93 bits per heavy atom. The number of nitrogens with zero attached hydrogens (tertiary/aromatic N) is 1. The number of likely N-dealkylation sites (N-methyl/N-ethyl adjacent to an activating group) is 1. The molecule has 1 saturated heterocycles. The average molecular weight is 212 g/mol. The second-order valence-electron chi connectivity index (χ2n) is 4.68. The largest absolute Gasteiger partial charge is 0.307 e. The van der Waals surface area contributed by atoms with Crippen molar-refractivity contribution in [2.24, 2.45) is 5.92 Å². The highest BCUT2D eigenvalue weighted by atomic mass is 16.1. The van der Waals surface area contributed by atoms with Crippen molar-refractivity contribution < 1.29 is 4.79 Å². The van der Waals surface area contributed by atoms with E-state index in [9.17, 15) is 4.79 Å². The summed E-state index contributed by atoms with van der Waals surface area (Å²) in [7, 11) is 0. The van der Waals surface area contributed by atoms with Crippen molar-refractivity contribution in [3.05, 3.63) is 0 Å². The molecule has 0 saturated carbocycles. The third kappa shape index (κ3) is 3.92. The van der Waals surface area contributed by atoms with Crippen LogP contribution in [-0.2, 0) is 4.79 Å². The van der Waals surface area contributed by atoms with Gasteiger partial charge in [-0.25, -0.2) is 0 Å². The van der Waals surface area contributed by atoms with Crippen LogP contribution in [0, 0.1) is 5.92 Å². The number of carbonyl (C=O) groups excluding carboxylic acids is 1. The molecule has 0 aromatic rings. The van der Waals surface area contributed by atoms with E-state index in [4.69, 9.17) is 0 Å². The van der Waals surface area contributed by atoms with E-state index >= 15 is 0 Å². The van der Waals surface area contributed by atoms with Crippen molar-refractivity contribution in [2.75, 3.05) is 26.2 Å². The minimum Gasteiger partial charge on any atom is -0.307 e. The van der Waals surface area contributed by atoms with Crippen LogP contribution in [0.4, 0.5) is 0 Å². The molecule has 1 unspecified atom stereocenters. The smallest absolute Gasteiger partial charge is 0.153 e. The van der Waals surface area contributed by atoms with Gasteiger partial charge in [0.05, 0.1) is 6.04 Å². The molecule has 1 atom stereocenters. The molecule has 3 nitrogen and oxygen atoms in total. The van der Waals surface area contributed by atoms with Crippen molar-refractivity contribution in [1.29, 1.82) is 0 Å². The lowest BCUT2D eigenvalue weighted by Crippen LogP contribution is -2.46. The second-order valence-corrected chi connectivity index (χ2v) is 4.68. The lowest BCUT2D eigenvalue weighted by Gasteiger charge is -2.24. The van der Waals surface area contributed by atoms with Gasteiger partial charge in [0.2, 0.25) is 0 Å². The van der Waals surface area contributed by atoms with Crippen LogP contribution >= 0.6 is 0 Å². The van der Waals surface area contributed by atoms with Gasteiger partial charge in [-0.2, -0.15) is 0 Å². The summed E-state index contributed by atoms with van der Waals surface area (Å²) in [4.78, 5) is 14.3. The summed E-state index contributed by atoms with van der Waals surface area (Å²) in [6, 6.07) is 0.0353. The Morgan fingerprint density at radius 3 is 2.40 bits per heavy atom. The zero-order valence-electron chi connectivity index (χ0n) is 10.3. The molecule has 0 amide bonds. The fraction of sp³-hybridized carbons (Fsp3) is 0.917. The summed E-state index contributed by atoms with van der Waals surface area (Å²) < 4.78 is 0. The number of hydrogen-bond acceptors (Lipinski definition) is 3. The van der Waals surface area contributed by atoms with Crippen LogP contribution in [0.2, 0.25) is 0 Å². The van der Waals surface area contributed by atoms with Gasteiger partial charge < -0.3 is 10.2 Å². The van der Waals surface area contributed by atoms with Gasteiger partial charge in [0.25, 0.3) is 0 Å². The molecule has 88 valence electrons. The van der Waals surface area contributed by atoms with Crippen LogP contribution < -0.4 is 5.32 Å². The van der Waals surface area contributed by atoms with E-state index in [-0.39, 0.29) is 12.0 Å². The summed E-state index contributed by atoms with van der Waals surface area (Å²) in [6.45, 7) is 10.1. The van der Waals surface area contributed by atoms with E-state index in [0.29, 0.717) is 5.78 Å². The molecule has 0 aromatic heterocycles. The van der Waals surface area contributed by atoms with E-state index in [1.807, 2.05) is 13.8 Å². The van der Waals surface area contributed by atoms with Gasteiger partial charge in [-0.05, 0) is 32.5 Å². The van der Waals surface area contributed by atoms with Crippen molar-refractivity contribution in [1.82, 2.24) is 10.2 Å². The summed E-state index contributed by atoms with van der Waals surface area (Å²) in [5.74, 6) is 0.486. The molecule has 1 fully saturated rings. The highest BCUT2D eigenvalue weighted by Crippen LogP contribution is 2.09. The van der Waals surface area contributed by atoms with Crippen molar-refractivity contribution in [3.63, 3.8) is 0 Å². The lowest BCUT2D eigenvalue weighted by molar-refractivity contribution is -0.124. The predicted molar refractivity (Wildman–Crippen MR) is 63.0 cm³/mol. The zero-order chi connectivity index (χ0) is 11.3. The number of rotatable bonds is 6. The van der Waals surface area contributed by atoms with Crippen LogP contribution in [0.1, 0.15) is 33.6 Å². The van der Waals surface area contributed by atoms with E-state index < -0.39 is 0 Å². The van der Waals surface area contributed by atoms with Gasteiger partial charge in [0, 0.05) is 12.5 Å². The molecule has 0 aliphatic carbocycles. The van der Waals surface area contributed by atoms with E-state index in [1.54, 1.807) is 0 Å². The number of likely N-dealkylation sites (tertiary alicyclic amines) is 1. The average Bonchev–Trinajstić information content (AvgIpc) is 2.68. The van der Waals surface area contributed by atoms with Gasteiger partial charge >= 0.3 is 0 Å². The fourth-order valence-corrected chi connectivity index (χ4v) is 2.13. The molecule has 1 heterocycles. The lowest BCUT2D eigenvalue weighted by atomic mass is 10.0. The first-order valence-electron chi connectivity index (χ1n) is 6.14. The van der Waals surface area contributed by atoms with Crippen molar-refractivity contribution in [2.45, 2.75) is 39.7 Å². The van der Waals surface area contributed by atoms with E-state index in [0.717, 1.165) is 26.2 Å². The van der Waals surface area contributed by atoms with Crippen molar-refractivity contribution >= 4 is 5.78 Å². The fourth-order valence-electron chi connectivity index (χ4n) is 2.13. The Labute approximate surface area is 93.2 Å². The maximum absolute atomic E-state index is 11.9. The SMILES string of the molecule is CCNC(CN1CCCC1)C(=O)C(C)C. The maximum atomic E-state index is 11.9. The Bertz CT molecular complexity index is 198. The molecule has 0 aromatic carbocycles. The van der Waals surface area contributed by atoms with Gasteiger partial charge in [-0.15, -0.1) is 0 Å². The molecule has 1 aliphatic rings. The molecule has 15 heavy (non-hydrogen) atoms. The summed E-state index contributed by atoms with van der Waals surface area (Å²) in [6.07, 6.45) is 2.57. The third-order valence-electron chi connectivity index (χ3n) is 3.00. The summed E-state index contributed by atoms with van der Waals surface area (Å²) >= 11 is 0. The van der Waals surface area contributed by atoms with Crippen LogP contribution in [-0.4, -0.2) is 42.9 Å². The minimum atomic E-state index is 0.0353. The monoisotopic (exact) mass is 212 g/mol. The van der Waals surface area contributed by atoms with Crippen LogP contribution in [0.5, 0.6) is 0 Å². The predicted octanol–water partition coefficient (Wildman–Crippen LogP) is 1.29. The molecular formula is C12H24N2O. The molecule has 0 bridgehead atoms. The first kappa shape index (κ1) is 12.7. The quantitative estimate of drug-likeness (QED) is 0.720. The third-order valence-corrected chi connectivity index (χ3v) is 3.00. The first-order chi connectivity index (χ1) is 7.15. The molecule has 0 radical (unpaired) electrons. The zero-order valence-corrected chi connectivity index (χ0v) is 10.3. The summed E-state index contributed by atoms with van der Waals surface area (Å²) in [5.41, 5.74) is 0. The van der Waals surface area contributed by atoms with E-state index in [1.165, 1.54) is 12.8 Å². The molecule has 1 aliphatic heterocycles. The molecule has 3 heteroatoms. The molecule has 0 spiro atoms. The van der Waals surface area contributed by atoms with E-state index in [2.05, 4.69) is 17.1 Å². The van der Waals surface area contributed by atoms with Gasteiger partial charge in [-0.1, -0.05) is 20.8 Å². The molecule has 1 N–H and O–H groups in total. The Morgan fingerprint density at radius 1 is 1.33 bits per heavy atom. The second kappa shape index (κ2) is 6.23. The molecule has 1 rings (SSSR count). The normalized spacial score (nSPS) is 19.7. The van der Waals surface area contributed by atoms with Crippen molar-refractivity contribution in [3.8, 4) is 0 Å². The van der Waals surface area contributed by atoms with Gasteiger partial charge in [-0.3, -0.25) is 4.79 Å². The van der Waals surface area contributed by atoms with Crippen LogP contribution in [0.15, 0.2) is 0 Å². The van der Waals surface area contributed by atoms with Gasteiger partial charge in [0.1, 0.15) is 0 Å². The summed E-state index contributed by atoms with van der Waals surface area (Å²) in [5, 5.41) is 3.30. The number of ketones is 1. The number of nitrogens with one attached hydrogen (secondary N) is 1. The van der Waals surface area contributed by atoms with Gasteiger partial charge in [0.15, 0.2) is 5.78 Å². The first-order valence-corrected chi connectivity index (χ1v) is 6.14.